The molecule has 0 aliphatic heterocycles. The van der Waals surface area contributed by atoms with Gasteiger partial charge in [-0.05, 0) is 45.3 Å². The summed E-state index contributed by atoms with van der Waals surface area (Å²) >= 11 is 3.49. The van der Waals surface area contributed by atoms with Crippen molar-refractivity contribution in [2.75, 3.05) is 20.6 Å². The molecule has 16 heavy (non-hydrogen) atoms. The van der Waals surface area contributed by atoms with Crippen LogP contribution in [0.3, 0.4) is 0 Å². The van der Waals surface area contributed by atoms with E-state index < -0.39 is 0 Å². The zero-order valence-corrected chi connectivity index (χ0v) is 11.2. The quantitative estimate of drug-likeness (QED) is 0.859. The van der Waals surface area contributed by atoms with Gasteiger partial charge in [0.25, 0.3) is 0 Å². The SMILES string of the molecule is CN(C)CCCn1cnc2ccc(Br)cc21. The Hall–Kier alpha value is -0.870. The standard InChI is InChI=1S/C12H16BrN3/c1-15(2)6-3-7-16-9-14-11-5-4-10(13)8-12(11)16/h4-5,8-9H,3,6-7H2,1-2H3. The summed E-state index contributed by atoms with van der Waals surface area (Å²) < 4.78 is 3.32. The van der Waals surface area contributed by atoms with Crippen LogP contribution in [0, 0.1) is 0 Å². The molecule has 1 aromatic heterocycles. The Morgan fingerprint density at radius 2 is 2.19 bits per heavy atom. The van der Waals surface area contributed by atoms with Gasteiger partial charge in [0, 0.05) is 11.0 Å². The van der Waals surface area contributed by atoms with Crippen LogP contribution in [0.1, 0.15) is 6.42 Å². The smallest absolute Gasteiger partial charge is 0.0958 e. The summed E-state index contributed by atoms with van der Waals surface area (Å²) in [6.07, 6.45) is 3.07. The van der Waals surface area contributed by atoms with E-state index in [4.69, 9.17) is 0 Å². The molecular formula is C12H16BrN3. The molecule has 0 bridgehead atoms. The summed E-state index contributed by atoms with van der Waals surface area (Å²) in [6, 6.07) is 6.19. The van der Waals surface area contributed by atoms with Gasteiger partial charge in [0.15, 0.2) is 0 Å². The fraction of sp³-hybridized carbons (Fsp3) is 0.417. The zero-order valence-electron chi connectivity index (χ0n) is 9.65. The van der Waals surface area contributed by atoms with E-state index in [0.717, 1.165) is 29.5 Å². The highest BCUT2D eigenvalue weighted by Gasteiger charge is 2.02. The van der Waals surface area contributed by atoms with E-state index in [9.17, 15) is 0 Å². The molecule has 86 valence electrons. The molecule has 2 aromatic rings. The maximum atomic E-state index is 4.39. The molecule has 0 amide bonds. The number of aromatic nitrogens is 2. The fourth-order valence-electron chi connectivity index (χ4n) is 1.77. The molecule has 1 aromatic carbocycles. The van der Waals surface area contributed by atoms with E-state index >= 15 is 0 Å². The molecule has 0 saturated carbocycles. The molecule has 0 aliphatic rings. The van der Waals surface area contributed by atoms with Gasteiger partial charge in [-0.25, -0.2) is 4.98 Å². The van der Waals surface area contributed by atoms with Crippen molar-refractivity contribution in [3.05, 3.63) is 29.0 Å². The van der Waals surface area contributed by atoms with Gasteiger partial charge in [0.2, 0.25) is 0 Å². The average Bonchev–Trinajstić information content (AvgIpc) is 2.60. The lowest BCUT2D eigenvalue weighted by molar-refractivity contribution is 0.387. The van der Waals surface area contributed by atoms with Gasteiger partial charge in [-0.1, -0.05) is 15.9 Å². The largest absolute Gasteiger partial charge is 0.331 e. The van der Waals surface area contributed by atoms with Gasteiger partial charge in [0.05, 0.1) is 17.4 Å². The third-order valence-electron chi connectivity index (χ3n) is 2.59. The van der Waals surface area contributed by atoms with Crippen LogP contribution in [0.15, 0.2) is 29.0 Å². The highest BCUT2D eigenvalue weighted by molar-refractivity contribution is 9.10. The lowest BCUT2D eigenvalue weighted by atomic mass is 10.3. The minimum absolute atomic E-state index is 1.02. The van der Waals surface area contributed by atoms with E-state index in [1.165, 1.54) is 5.52 Å². The maximum Gasteiger partial charge on any atom is 0.0958 e. The Bertz CT molecular complexity index is 476. The van der Waals surface area contributed by atoms with E-state index in [1.807, 2.05) is 18.5 Å². The highest BCUT2D eigenvalue weighted by atomic mass is 79.9. The van der Waals surface area contributed by atoms with Crippen molar-refractivity contribution in [1.82, 2.24) is 14.5 Å². The molecule has 3 nitrogen and oxygen atoms in total. The van der Waals surface area contributed by atoms with Crippen LogP contribution in [0.2, 0.25) is 0 Å². The number of imidazole rings is 1. The first-order chi connectivity index (χ1) is 7.66. The second-order valence-electron chi connectivity index (χ2n) is 4.23. The van der Waals surface area contributed by atoms with Crippen LogP contribution < -0.4 is 0 Å². The number of halogens is 1. The molecule has 0 saturated heterocycles. The van der Waals surface area contributed by atoms with Gasteiger partial charge in [0.1, 0.15) is 0 Å². The predicted octanol–water partition coefficient (Wildman–Crippen LogP) is 2.75. The van der Waals surface area contributed by atoms with E-state index in [0.29, 0.717) is 0 Å². The van der Waals surface area contributed by atoms with Gasteiger partial charge in [-0.3, -0.25) is 0 Å². The van der Waals surface area contributed by atoms with Gasteiger partial charge in [-0.2, -0.15) is 0 Å². The topological polar surface area (TPSA) is 21.1 Å². The van der Waals surface area contributed by atoms with Crippen LogP contribution in [-0.4, -0.2) is 35.1 Å². The average molecular weight is 282 g/mol. The first-order valence-corrected chi connectivity index (χ1v) is 6.21. The summed E-state index contributed by atoms with van der Waals surface area (Å²) in [5.41, 5.74) is 2.26. The number of rotatable bonds is 4. The molecule has 0 unspecified atom stereocenters. The molecule has 0 N–H and O–H groups in total. The number of fused-ring (bicyclic) bond motifs is 1. The monoisotopic (exact) mass is 281 g/mol. The molecule has 1 heterocycles. The Morgan fingerprint density at radius 1 is 1.38 bits per heavy atom. The second kappa shape index (κ2) is 4.97. The minimum atomic E-state index is 1.02. The van der Waals surface area contributed by atoms with Crippen molar-refractivity contribution in [3.8, 4) is 0 Å². The summed E-state index contributed by atoms with van der Waals surface area (Å²) in [4.78, 5) is 6.59. The third-order valence-corrected chi connectivity index (χ3v) is 3.08. The van der Waals surface area contributed by atoms with Crippen LogP contribution in [0.5, 0.6) is 0 Å². The Balaban J connectivity index is 2.15. The predicted molar refractivity (Wildman–Crippen MR) is 70.6 cm³/mol. The van der Waals surface area contributed by atoms with Crippen LogP contribution in [-0.2, 0) is 6.54 Å². The van der Waals surface area contributed by atoms with E-state index in [2.05, 4.69) is 50.5 Å². The molecular weight excluding hydrogens is 266 g/mol. The van der Waals surface area contributed by atoms with Crippen molar-refractivity contribution in [3.63, 3.8) is 0 Å². The molecule has 0 fully saturated rings. The minimum Gasteiger partial charge on any atom is -0.331 e. The summed E-state index contributed by atoms with van der Waals surface area (Å²) in [6.45, 7) is 2.12. The van der Waals surface area contributed by atoms with E-state index in [1.54, 1.807) is 0 Å². The van der Waals surface area contributed by atoms with Crippen LogP contribution in [0.25, 0.3) is 11.0 Å². The molecule has 0 aliphatic carbocycles. The molecule has 0 spiro atoms. The summed E-state index contributed by atoms with van der Waals surface area (Å²) in [5, 5.41) is 0. The Labute approximate surface area is 104 Å². The van der Waals surface area contributed by atoms with Gasteiger partial charge in [-0.15, -0.1) is 0 Å². The first kappa shape index (κ1) is 11.6. The fourth-order valence-corrected chi connectivity index (χ4v) is 2.11. The maximum absolute atomic E-state index is 4.39. The van der Waals surface area contributed by atoms with Crippen molar-refractivity contribution < 1.29 is 0 Å². The molecule has 2 rings (SSSR count). The lowest BCUT2D eigenvalue weighted by Gasteiger charge is -2.09. The molecule has 0 radical (unpaired) electrons. The third kappa shape index (κ3) is 2.62. The van der Waals surface area contributed by atoms with Crippen LogP contribution in [0.4, 0.5) is 0 Å². The van der Waals surface area contributed by atoms with Crippen molar-refractivity contribution in [1.29, 1.82) is 0 Å². The van der Waals surface area contributed by atoms with Crippen molar-refractivity contribution in [2.24, 2.45) is 0 Å². The van der Waals surface area contributed by atoms with Crippen molar-refractivity contribution >= 4 is 27.0 Å². The zero-order chi connectivity index (χ0) is 11.5. The Kier molecular flexibility index (Phi) is 3.61. The van der Waals surface area contributed by atoms with Crippen LogP contribution >= 0.6 is 15.9 Å². The lowest BCUT2D eigenvalue weighted by Crippen LogP contribution is -2.14. The van der Waals surface area contributed by atoms with E-state index in [-0.39, 0.29) is 0 Å². The molecule has 0 atom stereocenters. The number of hydrogen-bond acceptors (Lipinski definition) is 2. The van der Waals surface area contributed by atoms with Gasteiger partial charge < -0.3 is 9.47 Å². The molecule has 4 heteroatoms. The number of nitrogens with zero attached hydrogens (tertiary/aromatic N) is 3. The first-order valence-electron chi connectivity index (χ1n) is 5.42. The van der Waals surface area contributed by atoms with Gasteiger partial charge >= 0.3 is 0 Å². The highest BCUT2D eigenvalue weighted by Crippen LogP contribution is 2.18. The van der Waals surface area contributed by atoms with Crippen molar-refractivity contribution in [2.45, 2.75) is 13.0 Å². The Morgan fingerprint density at radius 3 is 2.94 bits per heavy atom. The normalized spacial score (nSPS) is 11.5. The number of aryl methyl sites for hydroxylation is 1. The summed E-state index contributed by atoms with van der Waals surface area (Å²) in [7, 11) is 4.20. The number of hydrogen-bond donors (Lipinski definition) is 0. The second-order valence-corrected chi connectivity index (χ2v) is 5.14. The summed E-state index contributed by atoms with van der Waals surface area (Å²) in [5.74, 6) is 0. The number of benzene rings is 1.